The molecule has 2 atom stereocenters. The Kier molecular flexibility index (Phi) is 5.88. The fraction of sp³-hybridized carbons (Fsp3) is 0.941. The number of aliphatic carboxylic acids is 1. The highest BCUT2D eigenvalue weighted by Crippen LogP contribution is 2.33. The summed E-state index contributed by atoms with van der Waals surface area (Å²) in [5.74, 6) is 0.976. The molecule has 2 N–H and O–H groups in total. The number of rotatable bonds is 6. The second-order valence-electron chi connectivity index (χ2n) is 7.32. The van der Waals surface area contributed by atoms with Gasteiger partial charge in [0.15, 0.2) is 0 Å². The molecular weight excluding hydrogens is 250 g/mol. The molecule has 0 aromatic heterocycles. The number of hydrogen-bond donors (Lipinski definition) is 2. The summed E-state index contributed by atoms with van der Waals surface area (Å²) in [5, 5.41) is 12.9. The molecule has 116 valence electrons. The van der Waals surface area contributed by atoms with Gasteiger partial charge in [0, 0.05) is 12.1 Å². The summed E-state index contributed by atoms with van der Waals surface area (Å²) in [7, 11) is 0. The molecule has 2 aliphatic carbocycles. The van der Waals surface area contributed by atoms with Crippen molar-refractivity contribution in [2.24, 2.45) is 17.8 Å². The highest BCUT2D eigenvalue weighted by molar-refractivity contribution is 5.70. The molecule has 0 aromatic carbocycles. The van der Waals surface area contributed by atoms with Gasteiger partial charge in [-0.2, -0.15) is 0 Å². The van der Waals surface area contributed by atoms with Gasteiger partial charge in [0.25, 0.3) is 0 Å². The summed E-state index contributed by atoms with van der Waals surface area (Å²) >= 11 is 0. The van der Waals surface area contributed by atoms with E-state index in [0.29, 0.717) is 12.1 Å². The third kappa shape index (κ3) is 4.47. The van der Waals surface area contributed by atoms with Crippen molar-refractivity contribution in [2.45, 2.75) is 83.7 Å². The van der Waals surface area contributed by atoms with E-state index in [2.05, 4.69) is 19.2 Å². The van der Waals surface area contributed by atoms with Gasteiger partial charge >= 0.3 is 5.97 Å². The Balaban J connectivity index is 1.74. The fourth-order valence-corrected chi connectivity index (χ4v) is 3.96. The van der Waals surface area contributed by atoms with E-state index < -0.39 is 5.97 Å². The molecular formula is C17H31NO2. The quantitative estimate of drug-likeness (QED) is 0.778. The van der Waals surface area contributed by atoms with Crippen molar-refractivity contribution < 1.29 is 9.90 Å². The maximum atomic E-state index is 11.0. The predicted molar refractivity (Wildman–Crippen MR) is 81.7 cm³/mol. The summed E-state index contributed by atoms with van der Waals surface area (Å²) in [6, 6.07) is 1.26. The second kappa shape index (κ2) is 7.44. The Morgan fingerprint density at radius 1 is 1.15 bits per heavy atom. The van der Waals surface area contributed by atoms with Crippen molar-refractivity contribution in [1.29, 1.82) is 0 Å². The molecule has 3 nitrogen and oxygen atoms in total. The molecule has 0 aromatic rings. The van der Waals surface area contributed by atoms with Gasteiger partial charge in [-0.3, -0.25) is 4.79 Å². The summed E-state index contributed by atoms with van der Waals surface area (Å²) in [6.45, 7) is 4.62. The van der Waals surface area contributed by atoms with Crippen LogP contribution in [0.15, 0.2) is 0 Å². The Labute approximate surface area is 123 Å². The molecule has 2 rings (SSSR count). The summed E-state index contributed by atoms with van der Waals surface area (Å²) in [4.78, 5) is 11.0. The van der Waals surface area contributed by atoms with E-state index in [1.165, 1.54) is 32.1 Å². The number of carboxylic acid groups (broad SMARTS) is 1. The lowest BCUT2D eigenvalue weighted by Crippen LogP contribution is -2.43. The third-order valence-corrected chi connectivity index (χ3v) is 5.30. The largest absolute Gasteiger partial charge is 0.481 e. The van der Waals surface area contributed by atoms with Gasteiger partial charge < -0.3 is 10.4 Å². The lowest BCUT2D eigenvalue weighted by molar-refractivity contribution is -0.142. The maximum absolute atomic E-state index is 11.0. The minimum atomic E-state index is -0.598. The lowest BCUT2D eigenvalue weighted by atomic mass is 9.85. The van der Waals surface area contributed by atoms with Crippen molar-refractivity contribution in [3.63, 3.8) is 0 Å². The van der Waals surface area contributed by atoms with Crippen LogP contribution in [0.2, 0.25) is 0 Å². The number of carboxylic acids is 1. The average Bonchev–Trinajstić information content (AvgIpc) is 2.84. The molecule has 20 heavy (non-hydrogen) atoms. The van der Waals surface area contributed by atoms with Crippen LogP contribution < -0.4 is 5.32 Å². The van der Waals surface area contributed by atoms with Crippen LogP contribution in [0.3, 0.4) is 0 Å². The third-order valence-electron chi connectivity index (χ3n) is 5.30. The fourth-order valence-electron chi connectivity index (χ4n) is 3.96. The van der Waals surface area contributed by atoms with E-state index in [9.17, 15) is 4.79 Å². The molecule has 0 aliphatic heterocycles. The average molecular weight is 281 g/mol. The molecule has 0 heterocycles. The van der Waals surface area contributed by atoms with Gasteiger partial charge in [0.2, 0.25) is 0 Å². The van der Waals surface area contributed by atoms with Crippen molar-refractivity contribution in [1.82, 2.24) is 5.32 Å². The first kappa shape index (κ1) is 15.8. The minimum absolute atomic E-state index is 0.0895. The Morgan fingerprint density at radius 2 is 1.85 bits per heavy atom. The normalized spacial score (nSPS) is 34.5. The number of carbonyl (C=O) groups is 1. The van der Waals surface area contributed by atoms with Gasteiger partial charge in [0.05, 0.1) is 5.92 Å². The maximum Gasteiger partial charge on any atom is 0.306 e. The summed E-state index contributed by atoms with van der Waals surface area (Å²) in [6.07, 6.45) is 10.6. The molecule has 2 saturated carbocycles. The van der Waals surface area contributed by atoms with Crippen LogP contribution >= 0.6 is 0 Å². The molecule has 2 fully saturated rings. The minimum Gasteiger partial charge on any atom is -0.481 e. The first-order valence-electron chi connectivity index (χ1n) is 8.55. The van der Waals surface area contributed by atoms with E-state index in [0.717, 1.165) is 37.5 Å². The second-order valence-corrected chi connectivity index (χ2v) is 7.32. The molecule has 2 unspecified atom stereocenters. The van der Waals surface area contributed by atoms with E-state index in [-0.39, 0.29) is 5.92 Å². The molecule has 0 bridgehead atoms. The molecule has 0 saturated heterocycles. The van der Waals surface area contributed by atoms with Crippen LogP contribution in [0.5, 0.6) is 0 Å². The van der Waals surface area contributed by atoms with E-state index in [4.69, 9.17) is 5.11 Å². The molecule has 3 heteroatoms. The van der Waals surface area contributed by atoms with Gasteiger partial charge in [-0.05, 0) is 56.8 Å². The molecule has 0 amide bonds. The van der Waals surface area contributed by atoms with Crippen LogP contribution in [-0.2, 0) is 4.79 Å². The van der Waals surface area contributed by atoms with Crippen LogP contribution in [0.4, 0.5) is 0 Å². The Morgan fingerprint density at radius 3 is 2.45 bits per heavy atom. The van der Waals surface area contributed by atoms with Crippen molar-refractivity contribution in [3.8, 4) is 0 Å². The predicted octanol–water partition coefficient (Wildman–Crippen LogP) is 3.82. The Bertz CT molecular complexity index is 308. The zero-order chi connectivity index (χ0) is 14.5. The standard InChI is InChI=1S/C17H31NO2/c1-12(2)6-7-13-4-3-5-16(13)18-15-10-8-14(9-11-15)17(19)20/h12-16,18H,3-11H2,1-2H3,(H,19,20). The van der Waals surface area contributed by atoms with Crippen molar-refractivity contribution >= 4 is 5.97 Å². The summed E-state index contributed by atoms with van der Waals surface area (Å²) in [5.41, 5.74) is 0. The smallest absolute Gasteiger partial charge is 0.306 e. The van der Waals surface area contributed by atoms with Crippen LogP contribution in [0, 0.1) is 17.8 Å². The zero-order valence-corrected chi connectivity index (χ0v) is 13.1. The molecule has 0 radical (unpaired) electrons. The summed E-state index contributed by atoms with van der Waals surface area (Å²) < 4.78 is 0. The highest BCUT2D eigenvalue weighted by Gasteiger charge is 2.31. The van der Waals surface area contributed by atoms with Crippen LogP contribution in [0.25, 0.3) is 0 Å². The van der Waals surface area contributed by atoms with Crippen LogP contribution in [0.1, 0.15) is 71.6 Å². The van der Waals surface area contributed by atoms with E-state index >= 15 is 0 Å². The van der Waals surface area contributed by atoms with E-state index in [1.807, 2.05) is 0 Å². The van der Waals surface area contributed by atoms with Crippen molar-refractivity contribution in [3.05, 3.63) is 0 Å². The first-order chi connectivity index (χ1) is 9.56. The SMILES string of the molecule is CC(C)CCC1CCCC1NC1CCC(C(=O)O)CC1. The number of nitrogens with one attached hydrogen (secondary N) is 1. The topological polar surface area (TPSA) is 49.3 Å². The number of hydrogen-bond acceptors (Lipinski definition) is 2. The Hall–Kier alpha value is -0.570. The molecule has 0 spiro atoms. The highest BCUT2D eigenvalue weighted by atomic mass is 16.4. The van der Waals surface area contributed by atoms with Crippen molar-refractivity contribution in [2.75, 3.05) is 0 Å². The van der Waals surface area contributed by atoms with E-state index in [1.54, 1.807) is 0 Å². The van der Waals surface area contributed by atoms with Gasteiger partial charge in [-0.25, -0.2) is 0 Å². The van der Waals surface area contributed by atoms with Gasteiger partial charge in [-0.15, -0.1) is 0 Å². The lowest BCUT2D eigenvalue weighted by Gasteiger charge is -2.32. The van der Waals surface area contributed by atoms with Gasteiger partial charge in [0.1, 0.15) is 0 Å². The first-order valence-corrected chi connectivity index (χ1v) is 8.55. The monoisotopic (exact) mass is 281 g/mol. The van der Waals surface area contributed by atoms with Crippen LogP contribution in [-0.4, -0.2) is 23.2 Å². The molecule has 2 aliphatic rings. The zero-order valence-electron chi connectivity index (χ0n) is 13.1. The van der Waals surface area contributed by atoms with Gasteiger partial charge in [-0.1, -0.05) is 26.7 Å².